The smallest absolute Gasteiger partial charge is 0.223 e. The van der Waals surface area contributed by atoms with Gasteiger partial charge >= 0.3 is 0 Å². The molecule has 1 N–H and O–H groups in total. The van der Waals surface area contributed by atoms with Gasteiger partial charge in [-0.05, 0) is 20.3 Å². The molecule has 7 heteroatoms. The van der Waals surface area contributed by atoms with Gasteiger partial charge in [0.2, 0.25) is 5.91 Å². The molecular weight excluding hydrogens is 282 g/mol. The standard InChI is InChI=1S/C15H27N5O2/c1-4-5-20-11-17-18-14(20)9-16-15(21)8-13-10-19(12(2)3)6-7-22-13/h11-13H,4-10H2,1-3H3,(H,16,21). The van der Waals surface area contributed by atoms with Gasteiger partial charge in [-0.25, -0.2) is 0 Å². The Morgan fingerprint density at radius 2 is 2.36 bits per heavy atom. The van der Waals surface area contributed by atoms with Crippen molar-refractivity contribution in [3.8, 4) is 0 Å². The van der Waals surface area contributed by atoms with Crippen molar-refractivity contribution in [3.63, 3.8) is 0 Å². The number of aromatic nitrogens is 3. The SMILES string of the molecule is CCCn1cnnc1CNC(=O)CC1CN(C(C)C)CCO1. The van der Waals surface area contributed by atoms with Crippen LogP contribution in [0.15, 0.2) is 6.33 Å². The summed E-state index contributed by atoms with van der Waals surface area (Å²) in [6, 6.07) is 0.488. The molecule has 0 spiro atoms. The summed E-state index contributed by atoms with van der Waals surface area (Å²) in [4.78, 5) is 14.4. The van der Waals surface area contributed by atoms with Crippen LogP contribution in [-0.4, -0.2) is 57.4 Å². The fourth-order valence-corrected chi connectivity index (χ4v) is 2.63. The molecule has 7 nitrogen and oxygen atoms in total. The number of hydrogen-bond acceptors (Lipinski definition) is 5. The predicted octanol–water partition coefficient (Wildman–Crippen LogP) is 0.804. The summed E-state index contributed by atoms with van der Waals surface area (Å²) in [6.07, 6.45) is 3.09. The maximum atomic E-state index is 12.1. The Hall–Kier alpha value is -1.47. The van der Waals surface area contributed by atoms with Gasteiger partial charge in [0, 0.05) is 25.7 Å². The maximum absolute atomic E-state index is 12.1. The van der Waals surface area contributed by atoms with Gasteiger partial charge in [-0.2, -0.15) is 0 Å². The minimum atomic E-state index is -0.0235. The van der Waals surface area contributed by atoms with Crippen LogP contribution in [0, 0.1) is 0 Å². The summed E-state index contributed by atoms with van der Waals surface area (Å²) in [7, 11) is 0. The number of aryl methyl sites for hydroxylation is 1. The van der Waals surface area contributed by atoms with Gasteiger partial charge in [0.1, 0.15) is 6.33 Å². The van der Waals surface area contributed by atoms with E-state index in [2.05, 4.69) is 41.2 Å². The summed E-state index contributed by atoms with van der Waals surface area (Å²) >= 11 is 0. The first-order valence-corrected chi connectivity index (χ1v) is 8.09. The molecule has 0 saturated carbocycles. The first-order valence-electron chi connectivity index (χ1n) is 8.09. The normalized spacial score (nSPS) is 19.5. The number of nitrogens with zero attached hydrogens (tertiary/aromatic N) is 4. The van der Waals surface area contributed by atoms with E-state index >= 15 is 0 Å². The molecular formula is C15H27N5O2. The summed E-state index contributed by atoms with van der Waals surface area (Å²) in [5.41, 5.74) is 0. The number of carbonyl (C=O) groups excluding carboxylic acids is 1. The zero-order valence-electron chi connectivity index (χ0n) is 13.8. The Kier molecular flexibility index (Phi) is 6.33. The molecule has 1 saturated heterocycles. The highest BCUT2D eigenvalue weighted by molar-refractivity contribution is 5.76. The number of nitrogens with one attached hydrogen (secondary N) is 1. The third-order valence-electron chi connectivity index (χ3n) is 3.92. The molecule has 1 aliphatic heterocycles. The van der Waals surface area contributed by atoms with Crippen molar-refractivity contribution in [2.24, 2.45) is 0 Å². The molecule has 0 bridgehead atoms. The largest absolute Gasteiger partial charge is 0.375 e. The van der Waals surface area contributed by atoms with E-state index in [1.54, 1.807) is 6.33 Å². The van der Waals surface area contributed by atoms with Gasteiger partial charge in [0.05, 0.1) is 25.7 Å². The third kappa shape index (κ3) is 4.78. The summed E-state index contributed by atoms with van der Waals surface area (Å²) in [5.74, 6) is 0.797. The minimum absolute atomic E-state index is 0.00153. The van der Waals surface area contributed by atoms with Crippen molar-refractivity contribution in [2.75, 3.05) is 19.7 Å². The first kappa shape index (κ1) is 16.9. The van der Waals surface area contributed by atoms with E-state index in [9.17, 15) is 4.79 Å². The monoisotopic (exact) mass is 309 g/mol. The summed E-state index contributed by atoms with van der Waals surface area (Å²) < 4.78 is 7.66. The average molecular weight is 309 g/mol. The van der Waals surface area contributed by atoms with Gasteiger partial charge in [-0.1, -0.05) is 6.92 Å². The zero-order valence-corrected chi connectivity index (χ0v) is 13.8. The van der Waals surface area contributed by atoms with Crippen molar-refractivity contribution >= 4 is 5.91 Å². The van der Waals surface area contributed by atoms with Gasteiger partial charge in [0.15, 0.2) is 5.82 Å². The van der Waals surface area contributed by atoms with E-state index in [1.807, 2.05) is 4.57 Å². The van der Waals surface area contributed by atoms with Gasteiger partial charge < -0.3 is 14.6 Å². The van der Waals surface area contributed by atoms with Crippen molar-refractivity contribution in [1.82, 2.24) is 25.0 Å². The lowest BCUT2D eigenvalue weighted by molar-refractivity contribution is -0.126. The number of morpholine rings is 1. The topological polar surface area (TPSA) is 72.3 Å². The van der Waals surface area contributed by atoms with Crippen LogP contribution in [0.2, 0.25) is 0 Å². The fourth-order valence-electron chi connectivity index (χ4n) is 2.63. The third-order valence-corrected chi connectivity index (χ3v) is 3.92. The number of carbonyl (C=O) groups is 1. The molecule has 1 fully saturated rings. The molecule has 1 atom stereocenters. The highest BCUT2D eigenvalue weighted by Gasteiger charge is 2.24. The minimum Gasteiger partial charge on any atom is -0.375 e. The number of amides is 1. The summed E-state index contributed by atoms with van der Waals surface area (Å²) in [6.45, 7) is 10.2. The lowest BCUT2D eigenvalue weighted by Crippen LogP contribution is -2.47. The molecule has 1 aliphatic rings. The van der Waals surface area contributed by atoms with Gasteiger partial charge in [-0.3, -0.25) is 9.69 Å². The lowest BCUT2D eigenvalue weighted by Gasteiger charge is -2.35. The quantitative estimate of drug-likeness (QED) is 0.807. The molecule has 22 heavy (non-hydrogen) atoms. The Morgan fingerprint density at radius 1 is 1.55 bits per heavy atom. The molecule has 1 aromatic rings. The Balaban J connectivity index is 1.76. The van der Waals surface area contributed by atoms with Crippen LogP contribution in [0.5, 0.6) is 0 Å². The van der Waals surface area contributed by atoms with Crippen LogP contribution in [-0.2, 0) is 22.6 Å². The van der Waals surface area contributed by atoms with Crippen molar-refractivity contribution in [2.45, 2.75) is 58.8 Å². The first-order chi connectivity index (χ1) is 10.6. The van der Waals surface area contributed by atoms with E-state index in [0.717, 1.165) is 31.9 Å². The van der Waals surface area contributed by atoms with E-state index in [4.69, 9.17) is 4.74 Å². The highest BCUT2D eigenvalue weighted by atomic mass is 16.5. The molecule has 0 aromatic carbocycles. The van der Waals surface area contributed by atoms with Gasteiger partial charge in [0.25, 0.3) is 0 Å². The van der Waals surface area contributed by atoms with Crippen LogP contribution < -0.4 is 5.32 Å². The van der Waals surface area contributed by atoms with Crippen LogP contribution in [0.1, 0.15) is 39.4 Å². The Labute approximate surface area is 132 Å². The Morgan fingerprint density at radius 3 is 3.09 bits per heavy atom. The zero-order chi connectivity index (χ0) is 15.9. The molecule has 2 heterocycles. The van der Waals surface area contributed by atoms with E-state index in [-0.39, 0.29) is 12.0 Å². The molecule has 1 amide bonds. The number of ether oxygens (including phenoxy) is 1. The molecule has 0 radical (unpaired) electrons. The second-order valence-electron chi connectivity index (χ2n) is 6.00. The summed E-state index contributed by atoms with van der Waals surface area (Å²) in [5, 5.41) is 10.9. The van der Waals surface area contributed by atoms with Gasteiger partial charge in [-0.15, -0.1) is 10.2 Å². The maximum Gasteiger partial charge on any atom is 0.223 e. The lowest BCUT2D eigenvalue weighted by atomic mass is 10.1. The van der Waals surface area contributed by atoms with E-state index in [1.165, 1.54) is 0 Å². The molecule has 2 rings (SSSR count). The molecule has 1 unspecified atom stereocenters. The van der Waals surface area contributed by atoms with E-state index in [0.29, 0.717) is 25.6 Å². The second-order valence-corrected chi connectivity index (χ2v) is 6.00. The van der Waals surface area contributed by atoms with Crippen LogP contribution >= 0.6 is 0 Å². The predicted molar refractivity (Wildman–Crippen MR) is 83.2 cm³/mol. The van der Waals surface area contributed by atoms with Crippen LogP contribution in [0.4, 0.5) is 0 Å². The Bertz CT molecular complexity index is 474. The number of hydrogen-bond donors (Lipinski definition) is 1. The molecule has 124 valence electrons. The van der Waals surface area contributed by atoms with E-state index < -0.39 is 0 Å². The molecule has 0 aliphatic carbocycles. The average Bonchev–Trinajstić information content (AvgIpc) is 2.93. The number of rotatable bonds is 7. The van der Waals surface area contributed by atoms with Crippen LogP contribution in [0.3, 0.4) is 0 Å². The highest BCUT2D eigenvalue weighted by Crippen LogP contribution is 2.11. The van der Waals surface area contributed by atoms with Crippen LogP contribution in [0.25, 0.3) is 0 Å². The van der Waals surface area contributed by atoms with Crippen molar-refractivity contribution in [3.05, 3.63) is 12.2 Å². The fraction of sp³-hybridized carbons (Fsp3) is 0.800. The van der Waals surface area contributed by atoms with Crippen molar-refractivity contribution < 1.29 is 9.53 Å². The molecule has 1 aromatic heterocycles. The van der Waals surface area contributed by atoms with Crippen molar-refractivity contribution in [1.29, 1.82) is 0 Å². The second kappa shape index (κ2) is 8.24.